The summed E-state index contributed by atoms with van der Waals surface area (Å²) >= 11 is 6.10. The summed E-state index contributed by atoms with van der Waals surface area (Å²) in [5.74, 6) is -1.22. The van der Waals surface area contributed by atoms with Crippen molar-refractivity contribution in [1.29, 1.82) is 5.26 Å². The van der Waals surface area contributed by atoms with Gasteiger partial charge < -0.3 is 14.3 Å². The van der Waals surface area contributed by atoms with E-state index in [4.69, 9.17) is 20.8 Å². The Balaban J connectivity index is 2.00. The van der Waals surface area contributed by atoms with E-state index in [0.717, 1.165) is 4.90 Å². The van der Waals surface area contributed by atoms with Gasteiger partial charge in [-0.3, -0.25) is 14.5 Å². The molecule has 164 valence electrons. The highest BCUT2D eigenvalue weighted by Crippen LogP contribution is 2.30. The highest BCUT2D eigenvalue weighted by molar-refractivity contribution is 6.33. The van der Waals surface area contributed by atoms with Crippen molar-refractivity contribution in [3.8, 4) is 17.4 Å². The molecule has 0 unspecified atom stereocenters. The number of aliphatic hydroxyl groups excluding tert-OH is 1. The van der Waals surface area contributed by atoms with Crippen molar-refractivity contribution in [2.45, 2.75) is 13.8 Å². The zero-order valence-electron chi connectivity index (χ0n) is 17.3. The topological polar surface area (TPSA) is 121 Å². The number of nitriles is 1. The van der Waals surface area contributed by atoms with Crippen molar-refractivity contribution >= 4 is 35.5 Å². The van der Waals surface area contributed by atoms with E-state index in [1.54, 1.807) is 37.3 Å². The molecule has 1 aromatic heterocycles. The highest BCUT2D eigenvalue weighted by Gasteiger charge is 2.35. The molecule has 1 aliphatic rings. The van der Waals surface area contributed by atoms with E-state index in [-0.39, 0.29) is 40.5 Å². The molecule has 0 spiro atoms. The normalized spacial score (nSPS) is 15.3. The van der Waals surface area contributed by atoms with E-state index in [0.29, 0.717) is 17.1 Å². The van der Waals surface area contributed by atoms with Gasteiger partial charge in [0.15, 0.2) is 0 Å². The first-order valence-electron chi connectivity index (χ1n) is 9.69. The summed E-state index contributed by atoms with van der Waals surface area (Å²) in [7, 11) is 0. The van der Waals surface area contributed by atoms with Gasteiger partial charge in [-0.1, -0.05) is 11.6 Å². The van der Waals surface area contributed by atoms with Crippen LogP contribution in [0.4, 0.5) is 0 Å². The molecule has 0 fully saturated rings. The minimum atomic E-state index is -0.742. The number of β-amino-alcohol motifs (C(OH)–C–C–N with tert-alkyl or cyclic N) is 1. The van der Waals surface area contributed by atoms with Crippen molar-refractivity contribution in [2.75, 3.05) is 19.8 Å². The Morgan fingerprint density at radius 1 is 1.28 bits per heavy atom. The fourth-order valence-corrected chi connectivity index (χ4v) is 3.40. The lowest BCUT2D eigenvalue weighted by molar-refractivity contribution is -0.141. The molecule has 3 rings (SSSR count). The molecular formula is C23H19ClN2O6. The third-order valence-electron chi connectivity index (χ3n) is 4.81. The first kappa shape index (κ1) is 23.0. The molecule has 1 aliphatic heterocycles. The summed E-state index contributed by atoms with van der Waals surface area (Å²) in [6, 6.07) is 9.85. The minimum Gasteiger partial charge on any atom is -0.462 e. The van der Waals surface area contributed by atoms with Crippen molar-refractivity contribution < 1.29 is 28.6 Å². The predicted octanol–water partition coefficient (Wildman–Crippen LogP) is 3.36. The molecule has 0 saturated heterocycles. The van der Waals surface area contributed by atoms with E-state index in [2.05, 4.69) is 0 Å². The van der Waals surface area contributed by atoms with Crippen LogP contribution in [-0.4, -0.2) is 47.5 Å². The number of carbonyl (C=O) groups is 3. The number of carbonyl (C=O) groups excluding carboxylic acids is 3. The van der Waals surface area contributed by atoms with Crippen LogP contribution in [0.25, 0.3) is 17.4 Å². The van der Waals surface area contributed by atoms with Gasteiger partial charge in [0, 0.05) is 11.1 Å². The largest absolute Gasteiger partial charge is 0.462 e. The number of esters is 1. The molecule has 0 aliphatic carbocycles. The van der Waals surface area contributed by atoms with Crippen LogP contribution in [-0.2, 0) is 14.3 Å². The number of ether oxygens (including phenoxy) is 1. The summed E-state index contributed by atoms with van der Waals surface area (Å²) in [6.07, 6.45) is 1.43. The van der Waals surface area contributed by atoms with Gasteiger partial charge >= 0.3 is 5.97 Å². The third kappa shape index (κ3) is 4.35. The molecule has 8 nitrogen and oxygen atoms in total. The van der Waals surface area contributed by atoms with Crippen LogP contribution < -0.4 is 0 Å². The number of halogens is 1. The number of benzene rings is 1. The molecule has 0 saturated carbocycles. The van der Waals surface area contributed by atoms with Crippen LogP contribution in [0.15, 0.2) is 51.5 Å². The van der Waals surface area contributed by atoms with E-state index in [9.17, 15) is 24.8 Å². The summed E-state index contributed by atoms with van der Waals surface area (Å²) in [4.78, 5) is 38.0. The zero-order chi connectivity index (χ0) is 23.4. The predicted molar refractivity (Wildman–Crippen MR) is 115 cm³/mol. The number of amides is 2. The molecular weight excluding hydrogens is 436 g/mol. The lowest BCUT2D eigenvalue weighted by Crippen LogP contribution is -2.44. The molecule has 0 bridgehead atoms. The standard InChI is InChI=1S/C23H19ClN2O6/c1-3-31-23(30)17-10-14(4-6-19(17)24)20-7-5-15(32-20)11-16-13(2)18(12-25)22(29)26(8-9-27)21(16)28/h4-7,10-11,27H,3,8-9H2,1-2H3. The molecule has 0 radical (unpaired) electrons. The minimum absolute atomic E-state index is 0.110. The Bertz CT molecular complexity index is 1200. The number of imide groups is 1. The van der Waals surface area contributed by atoms with Crippen molar-refractivity contribution in [3.63, 3.8) is 0 Å². The monoisotopic (exact) mass is 454 g/mol. The van der Waals surface area contributed by atoms with Gasteiger partial charge in [-0.2, -0.15) is 5.26 Å². The van der Waals surface area contributed by atoms with Crippen LogP contribution in [0, 0.1) is 11.3 Å². The van der Waals surface area contributed by atoms with E-state index >= 15 is 0 Å². The van der Waals surface area contributed by atoms with Crippen molar-refractivity contribution in [3.05, 3.63) is 63.4 Å². The second-order valence-electron chi connectivity index (χ2n) is 6.77. The second-order valence-corrected chi connectivity index (χ2v) is 7.18. The average Bonchev–Trinajstić information content (AvgIpc) is 3.24. The Morgan fingerprint density at radius 2 is 2.03 bits per heavy atom. The van der Waals surface area contributed by atoms with Gasteiger partial charge in [0.05, 0.1) is 30.3 Å². The number of hydrogen-bond donors (Lipinski definition) is 1. The maximum absolute atomic E-state index is 12.8. The quantitative estimate of drug-likeness (QED) is 0.403. The number of furan rings is 1. The first-order valence-corrected chi connectivity index (χ1v) is 10.1. The van der Waals surface area contributed by atoms with Crippen LogP contribution >= 0.6 is 11.6 Å². The maximum atomic E-state index is 12.8. The number of aliphatic hydroxyl groups is 1. The number of rotatable bonds is 6. The SMILES string of the molecule is CCOC(=O)c1cc(-c2ccc(C=C3C(=O)N(CCO)C(=O)C(C#N)=C3C)o2)ccc1Cl. The molecule has 0 atom stereocenters. The Labute approximate surface area is 188 Å². The Hall–Kier alpha value is -3.67. The van der Waals surface area contributed by atoms with Gasteiger partial charge in [0.25, 0.3) is 11.8 Å². The van der Waals surface area contributed by atoms with Gasteiger partial charge in [0.1, 0.15) is 23.2 Å². The summed E-state index contributed by atoms with van der Waals surface area (Å²) in [6.45, 7) is 2.76. The van der Waals surface area contributed by atoms with E-state index in [1.165, 1.54) is 13.0 Å². The second kappa shape index (κ2) is 9.64. The molecule has 2 heterocycles. The van der Waals surface area contributed by atoms with Crippen LogP contribution in [0.3, 0.4) is 0 Å². The summed E-state index contributed by atoms with van der Waals surface area (Å²) in [5, 5.41) is 18.8. The summed E-state index contributed by atoms with van der Waals surface area (Å²) < 4.78 is 10.8. The van der Waals surface area contributed by atoms with Crippen molar-refractivity contribution in [2.24, 2.45) is 0 Å². The van der Waals surface area contributed by atoms with Gasteiger partial charge in [-0.15, -0.1) is 0 Å². The highest BCUT2D eigenvalue weighted by atomic mass is 35.5. The van der Waals surface area contributed by atoms with E-state index in [1.807, 2.05) is 6.07 Å². The molecule has 32 heavy (non-hydrogen) atoms. The Morgan fingerprint density at radius 3 is 2.69 bits per heavy atom. The Kier molecular flexibility index (Phi) is 6.93. The molecule has 1 N–H and O–H groups in total. The molecule has 9 heteroatoms. The zero-order valence-corrected chi connectivity index (χ0v) is 18.1. The lowest BCUT2D eigenvalue weighted by Gasteiger charge is -2.26. The van der Waals surface area contributed by atoms with Gasteiger partial charge in [0.2, 0.25) is 0 Å². The van der Waals surface area contributed by atoms with Gasteiger partial charge in [-0.25, -0.2) is 4.79 Å². The molecule has 2 aromatic rings. The van der Waals surface area contributed by atoms with Crippen LogP contribution in [0.2, 0.25) is 5.02 Å². The summed E-state index contributed by atoms with van der Waals surface area (Å²) in [5.41, 5.74) is 0.928. The van der Waals surface area contributed by atoms with Crippen LogP contribution in [0.1, 0.15) is 30.0 Å². The fraction of sp³-hybridized carbons (Fsp3) is 0.217. The third-order valence-corrected chi connectivity index (χ3v) is 5.14. The van der Waals surface area contributed by atoms with Crippen LogP contribution in [0.5, 0.6) is 0 Å². The first-order chi connectivity index (χ1) is 15.3. The van der Waals surface area contributed by atoms with Gasteiger partial charge in [-0.05, 0) is 55.8 Å². The average molecular weight is 455 g/mol. The van der Waals surface area contributed by atoms with E-state index < -0.39 is 24.4 Å². The van der Waals surface area contributed by atoms with Crippen molar-refractivity contribution in [1.82, 2.24) is 4.90 Å². The lowest BCUT2D eigenvalue weighted by atomic mass is 9.95. The number of hydrogen-bond acceptors (Lipinski definition) is 7. The number of nitrogens with zero attached hydrogens (tertiary/aromatic N) is 2. The smallest absolute Gasteiger partial charge is 0.339 e. The maximum Gasteiger partial charge on any atom is 0.339 e. The fourth-order valence-electron chi connectivity index (χ4n) is 3.20. The molecule has 2 amide bonds. The molecule has 1 aromatic carbocycles.